The molecule has 2 aliphatic rings. The van der Waals surface area contributed by atoms with Crippen LogP contribution in [0.2, 0.25) is 0 Å². The van der Waals surface area contributed by atoms with Gasteiger partial charge in [0.2, 0.25) is 5.91 Å². The monoisotopic (exact) mass is 483 g/mol. The number of carbonyl (C=O) groups is 4. The standard InChI is InChI=1S/C23H22BrN3O4/c1-13(26-20(28)16-11-7-8-12-17(16)21(26)29)18(24)22(30)27-19(14(2)25(3)23(27)31)15-9-5-4-6-10-15/h4-14,18-19H,1-3H3/t13-,14+,18-,19+/m0/s1. The number of hydrogen-bond donors (Lipinski definition) is 0. The first-order valence-electron chi connectivity index (χ1n) is 10.0. The van der Waals surface area contributed by atoms with Gasteiger partial charge < -0.3 is 4.90 Å². The molecule has 5 amide bonds. The van der Waals surface area contributed by atoms with Gasteiger partial charge in [-0.3, -0.25) is 24.2 Å². The zero-order valence-corrected chi connectivity index (χ0v) is 18.9. The van der Waals surface area contributed by atoms with E-state index in [9.17, 15) is 19.2 Å². The van der Waals surface area contributed by atoms with E-state index in [0.29, 0.717) is 11.1 Å². The molecule has 2 aliphatic heterocycles. The van der Waals surface area contributed by atoms with Crippen LogP contribution in [0.1, 0.15) is 46.2 Å². The first kappa shape index (κ1) is 21.2. The summed E-state index contributed by atoms with van der Waals surface area (Å²) in [5.74, 6) is -1.37. The number of hydrogen-bond acceptors (Lipinski definition) is 4. The van der Waals surface area contributed by atoms with Crippen molar-refractivity contribution in [2.75, 3.05) is 7.05 Å². The highest BCUT2D eigenvalue weighted by Gasteiger charge is 2.49. The van der Waals surface area contributed by atoms with Crippen LogP contribution in [0.5, 0.6) is 0 Å². The molecule has 0 saturated carbocycles. The fraction of sp³-hybridized carbons (Fsp3) is 0.304. The van der Waals surface area contributed by atoms with Gasteiger partial charge in [-0.05, 0) is 31.5 Å². The van der Waals surface area contributed by atoms with Crippen LogP contribution in [0.3, 0.4) is 0 Å². The van der Waals surface area contributed by atoms with Gasteiger partial charge in [-0.1, -0.05) is 58.4 Å². The lowest BCUT2D eigenvalue weighted by molar-refractivity contribution is -0.129. The molecule has 160 valence electrons. The maximum atomic E-state index is 13.5. The molecule has 0 aliphatic carbocycles. The van der Waals surface area contributed by atoms with Gasteiger partial charge >= 0.3 is 6.03 Å². The second-order valence-electron chi connectivity index (χ2n) is 7.87. The summed E-state index contributed by atoms with van der Waals surface area (Å²) in [6.07, 6.45) is 0. The van der Waals surface area contributed by atoms with Crippen LogP contribution >= 0.6 is 15.9 Å². The van der Waals surface area contributed by atoms with Gasteiger partial charge in [-0.15, -0.1) is 0 Å². The predicted octanol–water partition coefficient (Wildman–Crippen LogP) is 3.46. The summed E-state index contributed by atoms with van der Waals surface area (Å²) in [6.45, 7) is 3.52. The molecule has 4 rings (SSSR count). The largest absolute Gasteiger partial charge is 0.327 e. The fourth-order valence-electron chi connectivity index (χ4n) is 4.25. The molecule has 31 heavy (non-hydrogen) atoms. The Labute approximate surface area is 188 Å². The summed E-state index contributed by atoms with van der Waals surface area (Å²) >= 11 is 3.39. The Bertz CT molecular complexity index is 1040. The van der Waals surface area contributed by atoms with E-state index in [2.05, 4.69) is 15.9 Å². The summed E-state index contributed by atoms with van der Waals surface area (Å²) in [4.78, 5) is 55.0. The smallest absolute Gasteiger partial charge is 0.322 e. The zero-order valence-electron chi connectivity index (χ0n) is 17.4. The van der Waals surface area contributed by atoms with Gasteiger partial charge in [-0.2, -0.15) is 0 Å². The fourth-order valence-corrected chi connectivity index (χ4v) is 4.70. The SMILES string of the molecule is C[C@@H]1[C@H](c2ccccc2)N(C(=O)[C@@H](Br)[C@H](C)N2C(=O)c3ccccc3C2=O)C(=O)N1C. The number of benzene rings is 2. The van der Waals surface area contributed by atoms with E-state index in [1.807, 2.05) is 37.3 Å². The van der Waals surface area contributed by atoms with Gasteiger partial charge in [0.15, 0.2) is 0 Å². The first-order valence-corrected chi connectivity index (χ1v) is 10.9. The lowest BCUT2D eigenvalue weighted by Crippen LogP contribution is -2.50. The Morgan fingerprint density at radius 3 is 2.00 bits per heavy atom. The minimum absolute atomic E-state index is 0.229. The molecule has 1 saturated heterocycles. The number of imide groups is 2. The summed E-state index contributed by atoms with van der Waals surface area (Å²) in [7, 11) is 1.66. The number of rotatable bonds is 4. The van der Waals surface area contributed by atoms with Crippen LogP contribution in [0, 0.1) is 0 Å². The van der Waals surface area contributed by atoms with Gasteiger partial charge in [0.05, 0.1) is 29.3 Å². The van der Waals surface area contributed by atoms with Gasteiger partial charge in [0, 0.05) is 7.05 Å². The zero-order chi connectivity index (χ0) is 22.4. The number of alkyl halides is 1. The highest BCUT2D eigenvalue weighted by atomic mass is 79.9. The molecule has 7 nitrogen and oxygen atoms in total. The molecular formula is C23H22BrN3O4. The van der Waals surface area contributed by atoms with Crippen molar-refractivity contribution in [2.24, 2.45) is 0 Å². The van der Waals surface area contributed by atoms with Crippen LogP contribution < -0.4 is 0 Å². The Hall–Kier alpha value is -3.00. The average molecular weight is 484 g/mol. The van der Waals surface area contributed by atoms with Gasteiger partial charge in [-0.25, -0.2) is 4.79 Å². The number of halogens is 1. The maximum absolute atomic E-state index is 13.5. The van der Waals surface area contributed by atoms with Crippen LogP contribution in [-0.4, -0.2) is 62.4 Å². The van der Waals surface area contributed by atoms with Crippen LogP contribution in [0.15, 0.2) is 54.6 Å². The Morgan fingerprint density at radius 2 is 1.45 bits per heavy atom. The normalized spacial score (nSPS) is 22.7. The lowest BCUT2D eigenvalue weighted by atomic mass is 10.00. The minimum Gasteiger partial charge on any atom is -0.322 e. The number of likely N-dealkylation sites (N-methyl/N-ethyl adjacent to an activating group) is 1. The van der Waals surface area contributed by atoms with Crippen molar-refractivity contribution < 1.29 is 19.2 Å². The topological polar surface area (TPSA) is 78.0 Å². The van der Waals surface area contributed by atoms with E-state index < -0.39 is 40.7 Å². The second-order valence-corrected chi connectivity index (χ2v) is 8.85. The van der Waals surface area contributed by atoms with Crippen molar-refractivity contribution >= 4 is 39.7 Å². The lowest BCUT2D eigenvalue weighted by Gasteiger charge is -2.31. The first-order chi connectivity index (χ1) is 14.8. The highest BCUT2D eigenvalue weighted by Crippen LogP contribution is 2.37. The molecule has 0 spiro atoms. The predicted molar refractivity (Wildman–Crippen MR) is 118 cm³/mol. The van der Waals surface area contributed by atoms with E-state index in [0.717, 1.165) is 10.5 Å². The van der Waals surface area contributed by atoms with Crippen LogP contribution in [0.4, 0.5) is 4.79 Å². The molecule has 2 aromatic carbocycles. The molecule has 1 fully saturated rings. The molecule has 0 unspecified atom stereocenters. The van der Waals surface area contributed by atoms with Crippen molar-refractivity contribution in [3.05, 3.63) is 71.3 Å². The summed E-state index contributed by atoms with van der Waals surface area (Å²) in [5, 5.41) is 0. The molecule has 0 bridgehead atoms. The summed E-state index contributed by atoms with van der Waals surface area (Å²) in [6, 6.07) is 14.0. The number of fused-ring (bicyclic) bond motifs is 1. The van der Waals surface area contributed by atoms with Crippen LogP contribution in [-0.2, 0) is 4.79 Å². The molecule has 4 atom stereocenters. The van der Waals surface area contributed by atoms with Crippen molar-refractivity contribution in [3.8, 4) is 0 Å². The van der Waals surface area contributed by atoms with Crippen molar-refractivity contribution in [2.45, 2.75) is 36.8 Å². The van der Waals surface area contributed by atoms with E-state index in [4.69, 9.17) is 0 Å². The Balaban J connectivity index is 1.63. The molecule has 2 aromatic rings. The molecule has 0 aromatic heterocycles. The van der Waals surface area contributed by atoms with E-state index in [1.54, 1.807) is 38.2 Å². The summed E-state index contributed by atoms with van der Waals surface area (Å²) < 4.78 is 0. The van der Waals surface area contributed by atoms with Gasteiger partial charge in [0.25, 0.3) is 11.8 Å². The average Bonchev–Trinajstić information content (AvgIpc) is 3.17. The quantitative estimate of drug-likeness (QED) is 0.492. The Morgan fingerprint density at radius 1 is 0.935 bits per heavy atom. The van der Waals surface area contributed by atoms with E-state index in [1.165, 1.54) is 9.80 Å². The minimum atomic E-state index is -0.941. The Kier molecular flexibility index (Phi) is 5.43. The molecule has 8 heteroatoms. The number of urea groups is 1. The van der Waals surface area contributed by atoms with Gasteiger partial charge in [0.1, 0.15) is 4.83 Å². The van der Waals surface area contributed by atoms with Crippen molar-refractivity contribution in [1.29, 1.82) is 0 Å². The summed E-state index contributed by atoms with van der Waals surface area (Å²) in [5.41, 5.74) is 1.48. The highest BCUT2D eigenvalue weighted by molar-refractivity contribution is 9.10. The number of nitrogens with zero attached hydrogens (tertiary/aromatic N) is 3. The molecule has 0 N–H and O–H groups in total. The molecule has 0 radical (unpaired) electrons. The molecular weight excluding hydrogens is 462 g/mol. The number of carbonyl (C=O) groups excluding carboxylic acids is 4. The second kappa shape index (κ2) is 7.92. The molecule has 2 heterocycles. The third-order valence-corrected chi connectivity index (χ3v) is 7.28. The van der Waals surface area contributed by atoms with Crippen molar-refractivity contribution in [3.63, 3.8) is 0 Å². The van der Waals surface area contributed by atoms with E-state index in [-0.39, 0.29) is 6.04 Å². The van der Waals surface area contributed by atoms with Crippen LogP contribution in [0.25, 0.3) is 0 Å². The maximum Gasteiger partial charge on any atom is 0.327 e. The third-order valence-electron chi connectivity index (χ3n) is 6.12. The number of amides is 5. The third kappa shape index (κ3) is 3.26. The van der Waals surface area contributed by atoms with E-state index >= 15 is 0 Å². The van der Waals surface area contributed by atoms with Crippen molar-refractivity contribution in [1.82, 2.24) is 14.7 Å².